The number of nitrogens with two attached hydrogens (primary N) is 1. The van der Waals surface area contributed by atoms with E-state index in [1.54, 1.807) is 12.4 Å². The molecule has 0 fully saturated rings. The molecule has 0 saturated heterocycles. The van der Waals surface area contributed by atoms with Crippen molar-refractivity contribution >= 4 is 6.09 Å². The van der Waals surface area contributed by atoms with Crippen LogP contribution in [0, 0.1) is 6.92 Å². The Morgan fingerprint density at radius 3 is 2.58 bits per heavy atom. The maximum absolute atomic E-state index is 11.6. The van der Waals surface area contributed by atoms with Crippen LogP contribution < -0.4 is 11.1 Å². The lowest BCUT2D eigenvalue weighted by Crippen LogP contribution is -2.36. The van der Waals surface area contributed by atoms with Crippen molar-refractivity contribution in [3.8, 4) is 0 Å². The highest BCUT2D eigenvalue weighted by Gasteiger charge is 2.19. The number of carbonyl (C=O) groups is 1. The Kier molecular flexibility index (Phi) is 5.23. The molecule has 0 aliphatic rings. The number of hydrogen-bond donors (Lipinski definition) is 2. The number of rotatable bonds is 4. The summed E-state index contributed by atoms with van der Waals surface area (Å²) >= 11 is 0. The van der Waals surface area contributed by atoms with E-state index < -0.39 is 11.7 Å². The second-order valence-corrected chi connectivity index (χ2v) is 5.34. The minimum Gasteiger partial charge on any atom is -0.444 e. The molecule has 0 radical (unpaired) electrons. The zero-order valence-electron chi connectivity index (χ0n) is 11.9. The van der Waals surface area contributed by atoms with E-state index in [1.165, 1.54) is 0 Å². The quantitative estimate of drug-likeness (QED) is 0.858. The predicted octanol–water partition coefficient (Wildman–Crippen LogP) is 1.35. The molecule has 106 valence electrons. The zero-order valence-corrected chi connectivity index (χ0v) is 11.9. The average Bonchev–Trinajstić information content (AvgIpc) is 2.29. The van der Waals surface area contributed by atoms with E-state index in [-0.39, 0.29) is 5.92 Å². The lowest BCUT2D eigenvalue weighted by atomic mass is 10.0. The molecule has 0 saturated carbocycles. The Balaban J connectivity index is 2.59. The number of alkyl carbamates (subject to hydrolysis) is 1. The Hall–Kier alpha value is -1.69. The first-order chi connectivity index (χ1) is 8.83. The molecule has 3 N–H and O–H groups in total. The van der Waals surface area contributed by atoms with Crippen LogP contribution in [-0.2, 0) is 4.74 Å². The molecule has 1 aromatic heterocycles. The van der Waals surface area contributed by atoms with Gasteiger partial charge in [0.25, 0.3) is 0 Å². The van der Waals surface area contributed by atoms with Gasteiger partial charge in [0.05, 0.1) is 11.4 Å². The highest BCUT2D eigenvalue weighted by atomic mass is 16.6. The first-order valence-electron chi connectivity index (χ1n) is 6.28. The van der Waals surface area contributed by atoms with Gasteiger partial charge in [0.2, 0.25) is 0 Å². The van der Waals surface area contributed by atoms with E-state index in [4.69, 9.17) is 10.5 Å². The number of aromatic nitrogens is 2. The van der Waals surface area contributed by atoms with Gasteiger partial charge in [-0.15, -0.1) is 0 Å². The summed E-state index contributed by atoms with van der Waals surface area (Å²) in [7, 11) is 0. The minimum atomic E-state index is -0.509. The topological polar surface area (TPSA) is 90.1 Å². The number of aryl methyl sites for hydroxylation is 1. The largest absolute Gasteiger partial charge is 0.444 e. The third kappa shape index (κ3) is 5.21. The molecule has 0 spiro atoms. The first-order valence-corrected chi connectivity index (χ1v) is 6.28. The third-order valence-corrected chi connectivity index (χ3v) is 2.48. The molecule has 6 heteroatoms. The maximum atomic E-state index is 11.6. The molecule has 0 aromatic carbocycles. The molecule has 0 aliphatic carbocycles. The summed E-state index contributed by atoms with van der Waals surface area (Å²) in [5.41, 5.74) is 6.85. The van der Waals surface area contributed by atoms with E-state index >= 15 is 0 Å². The fraction of sp³-hybridized carbons (Fsp3) is 0.615. The number of nitrogens with zero attached hydrogens (tertiary/aromatic N) is 2. The smallest absolute Gasteiger partial charge is 0.407 e. The van der Waals surface area contributed by atoms with Crippen LogP contribution in [-0.4, -0.2) is 34.8 Å². The van der Waals surface area contributed by atoms with Crippen LogP contribution in [0.2, 0.25) is 0 Å². The van der Waals surface area contributed by atoms with Crippen LogP contribution in [0.25, 0.3) is 0 Å². The van der Waals surface area contributed by atoms with Gasteiger partial charge >= 0.3 is 6.09 Å². The molecule has 1 amide bonds. The third-order valence-electron chi connectivity index (χ3n) is 2.48. The molecule has 1 rings (SSSR count). The van der Waals surface area contributed by atoms with Crippen LogP contribution in [0.15, 0.2) is 12.4 Å². The number of ether oxygens (including phenoxy) is 1. The number of amides is 1. The standard InChI is InChI=1S/C13H22N4O2/c1-9-11(16-6-5-15-9)10(7-14)8-17-12(18)19-13(2,3)4/h5-6,10H,7-8,14H2,1-4H3,(H,17,18). The van der Waals surface area contributed by atoms with Gasteiger partial charge in [0.1, 0.15) is 5.60 Å². The Morgan fingerprint density at radius 2 is 2.05 bits per heavy atom. The first kappa shape index (κ1) is 15.4. The minimum absolute atomic E-state index is 0.0683. The van der Waals surface area contributed by atoms with Crippen LogP contribution in [0.1, 0.15) is 38.1 Å². The van der Waals surface area contributed by atoms with E-state index in [9.17, 15) is 4.79 Å². The normalized spacial score (nSPS) is 12.9. The number of nitrogens with one attached hydrogen (secondary N) is 1. The van der Waals surface area contributed by atoms with Crippen LogP contribution in [0.4, 0.5) is 4.79 Å². The van der Waals surface area contributed by atoms with E-state index in [0.717, 1.165) is 11.4 Å². The zero-order chi connectivity index (χ0) is 14.5. The summed E-state index contributed by atoms with van der Waals surface area (Å²) in [4.78, 5) is 20.0. The number of hydrogen-bond acceptors (Lipinski definition) is 5. The molecule has 1 atom stereocenters. The van der Waals surface area contributed by atoms with Crippen molar-refractivity contribution in [3.63, 3.8) is 0 Å². The summed E-state index contributed by atoms with van der Waals surface area (Å²) in [6, 6.07) is 0. The Bertz CT molecular complexity index is 429. The summed E-state index contributed by atoms with van der Waals surface area (Å²) in [5.74, 6) is -0.0683. The summed E-state index contributed by atoms with van der Waals surface area (Å²) in [6.45, 7) is 8.10. The molecular weight excluding hydrogens is 244 g/mol. The predicted molar refractivity (Wildman–Crippen MR) is 72.8 cm³/mol. The lowest BCUT2D eigenvalue weighted by Gasteiger charge is -2.21. The van der Waals surface area contributed by atoms with Gasteiger partial charge in [-0.2, -0.15) is 0 Å². The molecular formula is C13H22N4O2. The molecule has 1 heterocycles. The van der Waals surface area contributed by atoms with Gasteiger partial charge < -0.3 is 15.8 Å². The molecule has 6 nitrogen and oxygen atoms in total. The van der Waals surface area contributed by atoms with Crippen molar-refractivity contribution in [2.75, 3.05) is 13.1 Å². The van der Waals surface area contributed by atoms with Crippen LogP contribution in [0.5, 0.6) is 0 Å². The van der Waals surface area contributed by atoms with Gasteiger partial charge in [-0.3, -0.25) is 9.97 Å². The van der Waals surface area contributed by atoms with Crippen LogP contribution >= 0.6 is 0 Å². The molecule has 0 bridgehead atoms. The van der Waals surface area contributed by atoms with Crippen molar-refractivity contribution in [2.24, 2.45) is 5.73 Å². The number of carbonyl (C=O) groups excluding carboxylic acids is 1. The van der Waals surface area contributed by atoms with Crippen molar-refractivity contribution in [1.29, 1.82) is 0 Å². The van der Waals surface area contributed by atoms with E-state index in [0.29, 0.717) is 13.1 Å². The van der Waals surface area contributed by atoms with Crippen molar-refractivity contribution in [1.82, 2.24) is 15.3 Å². The molecule has 0 aliphatic heterocycles. The average molecular weight is 266 g/mol. The SMILES string of the molecule is Cc1nccnc1C(CN)CNC(=O)OC(C)(C)C. The van der Waals surface area contributed by atoms with Gasteiger partial charge in [-0.1, -0.05) is 0 Å². The van der Waals surface area contributed by atoms with E-state index in [2.05, 4.69) is 15.3 Å². The summed E-state index contributed by atoms with van der Waals surface area (Å²) in [6.07, 6.45) is 2.80. The highest BCUT2D eigenvalue weighted by Crippen LogP contribution is 2.14. The molecule has 19 heavy (non-hydrogen) atoms. The van der Waals surface area contributed by atoms with Crippen molar-refractivity contribution < 1.29 is 9.53 Å². The highest BCUT2D eigenvalue weighted by molar-refractivity contribution is 5.67. The lowest BCUT2D eigenvalue weighted by molar-refractivity contribution is 0.0524. The maximum Gasteiger partial charge on any atom is 0.407 e. The van der Waals surface area contributed by atoms with Crippen molar-refractivity contribution in [3.05, 3.63) is 23.8 Å². The summed E-state index contributed by atoms with van der Waals surface area (Å²) in [5, 5.41) is 2.71. The van der Waals surface area contributed by atoms with Gasteiger partial charge in [-0.05, 0) is 27.7 Å². The molecule has 1 unspecified atom stereocenters. The summed E-state index contributed by atoms with van der Waals surface area (Å²) < 4.78 is 5.17. The van der Waals surface area contributed by atoms with Gasteiger partial charge in [0.15, 0.2) is 0 Å². The Labute approximate surface area is 113 Å². The fourth-order valence-corrected chi connectivity index (χ4v) is 1.63. The van der Waals surface area contributed by atoms with Crippen LogP contribution in [0.3, 0.4) is 0 Å². The van der Waals surface area contributed by atoms with Gasteiger partial charge in [-0.25, -0.2) is 4.79 Å². The second kappa shape index (κ2) is 6.47. The van der Waals surface area contributed by atoms with Gasteiger partial charge in [0, 0.05) is 31.4 Å². The monoisotopic (exact) mass is 266 g/mol. The fourth-order valence-electron chi connectivity index (χ4n) is 1.63. The Morgan fingerprint density at radius 1 is 1.42 bits per heavy atom. The second-order valence-electron chi connectivity index (χ2n) is 5.34. The molecule has 1 aromatic rings. The van der Waals surface area contributed by atoms with E-state index in [1.807, 2.05) is 27.7 Å². The van der Waals surface area contributed by atoms with Crippen molar-refractivity contribution in [2.45, 2.75) is 39.2 Å².